The molecule has 1 aliphatic carbocycles. The fourth-order valence-corrected chi connectivity index (χ4v) is 5.33. The molecule has 2 amide bonds. The average molecular weight is 520 g/mol. The molecular weight excluding hydrogens is 486 g/mol. The lowest BCUT2D eigenvalue weighted by Crippen LogP contribution is -2.53. The van der Waals surface area contributed by atoms with Crippen LogP contribution in [0.1, 0.15) is 50.2 Å². The number of benzene rings is 2. The molecule has 190 valence electrons. The van der Waals surface area contributed by atoms with E-state index >= 15 is 0 Å². The van der Waals surface area contributed by atoms with Crippen molar-refractivity contribution < 1.29 is 18.0 Å². The minimum Gasteiger partial charge on any atom is -0.352 e. The molecular formula is C26H34ClN3O4S. The molecule has 2 aromatic rings. The largest absolute Gasteiger partial charge is 0.352 e. The van der Waals surface area contributed by atoms with E-state index in [1.54, 1.807) is 49.4 Å². The van der Waals surface area contributed by atoms with E-state index in [2.05, 4.69) is 5.32 Å². The molecule has 0 aromatic heterocycles. The number of hydrogen-bond donors (Lipinski definition) is 1. The molecule has 1 atom stereocenters. The average Bonchev–Trinajstić information content (AvgIpc) is 2.82. The number of rotatable bonds is 9. The Morgan fingerprint density at radius 3 is 2.29 bits per heavy atom. The summed E-state index contributed by atoms with van der Waals surface area (Å²) in [4.78, 5) is 28.2. The highest BCUT2D eigenvalue weighted by atomic mass is 35.5. The number of anilines is 1. The SMILES string of the molecule is Cc1ccc(N(CC(=O)N(Cc2ccccc2Cl)[C@H](C)C(=O)NC2CCCCC2)S(C)(=O)=O)cc1. The highest BCUT2D eigenvalue weighted by molar-refractivity contribution is 7.92. The molecule has 0 bridgehead atoms. The van der Waals surface area contributed by atoms with Crippen LogP contribution >= 0.6 is 11.6 Å². The zero-order chi connectivity index (χ0) is 25.6. The zero-order valence-electron chi connectivity index (χ0n) is 20.5. The van der Waals surface area contributed by atoms with E-state index in [0.717, 1.165) is 41.8 Å². The number of hydrogen-bond acceptors (Lipinski definition) is 4. The van der Waals surface area contributed by atoms with Gasteiger partial charge in [-0.3, -0.25) is 13.9 Å². The molecule has 0 radical (unpaired) electrons. The molecule has 0 unspecified atom stereocenters. The van der Waals surface area contributed by atoms with Crippen molar-refractivity contribution >= 4 is 39.1 Å². The molecule has 35 heavy (non-hydrogen) atoms. The second kappa shape index (κ2) is 11.9. The van der Waals surface area contributed by atoms with Gasteiger partial charge in [0.25, 0.3) is 0 Å². The van der Waals surface area contributed by atoms with Crippen molar-refractivity contribution in [3.63, 3.8) is 0 Å². The Morgan fingerprint density at radius 2 is 1.69 bits per heavy atom. The lowest BCUT2D eigenvalue weighted by atomic mass is 9.95. The monoisotopic (exact) mass is 519 g/mol. The fourth-order valence-electron chi connectivity index (χ4n) is 4.29. The van der Waals surface area contributed by atoms with Crippen LogP contribution in [0.5, 0.6) is 0 Å². The van der Waals surface area contributed by atoms with Crippen LogP contribution in [-0.2, 0) is 26.2 Å². The first kappa shape index (κ1) is 27.0. The molecule has 7 nitrogen and oxygen atoms in total. The Bertz CT molecular complexity index is 1130. The summed E-state index contributed by atoms with van der Waals surface area (Å²) in [7, 11) is -3.75. The number of nitrogens with one attached hydrogen (secondary N) is 1. The second-order valence-corrected chi connectivity index (χ2v) is 11.6. The van der Waals surface area contributed by atoms with Crippen molar-refractivity contribution in [2.24, 2.45) is 0 Å². The van der Waals surface area contributed by atoms with E-state index in [0.29, 0.717) is 16.3 Å². The van der Waals surface area contributed by atoms with Crippen molar-refractivity contribution in [2.75, 3.05) is 17.1 Å². The van der Waals surface area contributed by atoms with Crippen molar-refractivity contribution in [1.82, 2.24) is 10.2 Å². The third-order valence-electron chi connectivity index (χ3n) is 6.42. The summed E-state index contributed by atoms with van der Waals surface area (Å²) in [6.45, 7) is 3.23. The number of aryl methyl sites for hydroxylation is 1. The summed E-state index contributed by atoms with van der Waals surface area (Å²) in [5, 5.41) is 3.55. The smallest absolute Gasteiger partial charge is 0.244 e. The van der Waals surface area contributed by atoms with Crippen LogP contribution < -0.4 is 9.62 Å². The fraction of sp³-hybridized carbons (Fsp3) is 0.462. The number of sulfonamides is 1. The standard InChI is InChI=1S/C26H34ClN3O4S/c1-19-13-15-23(16-14-19)30(35(3,33)34)18-25(31)29(17-21-9-7-8-12-24(21)27)20(2)26(32)28-22-10-5-4-6-11-22/h7-9,12-16,20,22H,4-6,10-11,17-18H2,1-3H3,(H,28,32)/t20-/m1/s1. The van der Waals surface area contributed by atoms with Gasteiger partial charge in [0.1, 0.15) is 12.6 Å². The van der Waals surface area contributed by atoms with Crippen molar-refractivity contribution in [1.29, 1.82) is 0 Å². The number of carbonyl (C=O) groups is 2. The van der Waals surface area contributed by atoms with Gasteiger partial charge < -0.3 is 10.2 Å². The van der Waals surface area contributed by atoms with Crippen molar-refractivity contribution in [3.05, 3.63) is 64.7 Å². The van der Waals surface area contributed by atoms with E-state index in [4.69, 9.17) is 11.6 Å². The van der Waals surface area contributed by atoms with Crippen LogP contribution in [0.15, 0.2) is 48.5 Å². The number of amides is 2. The van der Waals surface area contributed by atoms with Gasteiger partial charge in [0, 0.05) is 17.6 Å². The number of carbonyl (C=O) groups excluding carboxylic acids is 2. The third-order valence-corrected chi connectivity index (χ3v) is 7.93. The molecule has 3 rings (SSSR count). The Balaban J connectivity index is 1.87. The molecule has 0 saturated heterocycles. The Morgan fingerprint density at radius 1 is 1.06 bits per heavy atom. The maximum absolute atomic E-state index is 13.6. The van der Waals surface area contributed by atoms with Gasteiger partial charge in [-0.25, -0.2) is 8.42 Å². The molecule has 0 heterocycles. The summed E-state index contributed by atoms with van der Waals surface area (Å²) in [6.07, 6.45) is 6.22. The van der Waals surface area contributed by atoms with Gasteiger partial charge in [-0.1, -0.05) is 66.8 Å². The van der Waals surface area contributed by atoms with Gasteiger partial charge in [0.2, 0.25) is 21.8 Å². The summed E-state index contributed by atoms with van der Waals surface area (Å²) in [6, 6.07) is 13.3. The van der Waals surface area contributed by atoms with Crippen LogP contribution in [0.2, 0.25) is 5.02 Å². The zero-order valence-corrected chi connectivity index (χ0v) is 22.1. The lowest BCUT2D eigenvalue weighted by Gasteiger charge is -2.33. The minimum absolute atomic E-state index is 0.0866. The van der Waals surface area contributed by atoms with Crippen LogP contribution in [0, 0.1) is 6.92 Å². The summed E-state index contributed by atoms with van der Waals surface area (Å²) >= 11 is 6.36. The van der Waals surface area contributed by atoms with E-state index in [-0.39, 0.29) is 18.5 Å². The van der Waals surface area contributed by atoms with Crippen LogP contribution in [0.3, 0.4) is 0 Å². The van der Waals surface area contributed by atoms with Crippen molar-refractivity contribution in [3.8, 4) is 0 Å². The first-order valence-corrected chi connectivity index (χ1v) is 14.2. The highest BCUT2D eigenvalue weighted by Gasteiger charge is 2.31. The maximum Gasteiger partial charge on any atom is 0.244 e. The third kappa shape index (κ3) is 7.45. The van der Waals surface area contributed by atoms with E-state index in [1.165, 1.54) is 11.3 Å². The molecule has 2 aromatic carbocycles. The van der Waals surface area contributed by atoms with Gasteiger partial charge in [-0.15, -0.1) is 0 Å². The predicted molar refractivity (Wildman–Crippen MR) is 140 cm³/mol. The van der Waals surface area contributed by atoms with Gasteiger partial charge in [-0.2, -0.15) is 0 Å². The van der Waals surface area contributed by atoms with E-state index < -0.39 is 28.5 Å². The molecule has 9 heteroatoms. The predicted octanol–water partition coefficient (Wildman–Crippen LogP) is 4.28. The van der Waals surface area contributed by atoms with Gasteiger partial charge >= 0.3 is 0 Å². The molecule has 0 aliphatic heterocycles. The maximum atomic E-state index is 13.6. The lowest BCUT2D eigenvalue weighted by molar-refractivity contribution is -0.139. The number of halogens is 1. The minimum atomic E-state index is -3.75. The van der Waals surface area contributed by atoms with Gasteiger partial charge in [-0.05, 0) is 50.5 Å². The molecule has 1 fully saturated rings. The van der Waals surface area contributed by atoms with Gasteiger partial charge in [0.05, 0.1) is 11.9 Å². The molecule has 1 saturated carbocycles. The normalized spacial score (nSPS) is 15.3. The Labute approximate surface area is 213 Å². The van der Waals surface area contributed by atoms with E-state index in [9.17, 15) is 18.0 Å². The first-order chi connectivity index (χ1) is 16.6. The van der Waals surface area contributed by atoms with Crippen molar-refractivity contribution in [2.45, 2.75) is 64.6 Å². The quantitative estimate of drug-likeness (QED) is 0.535. The Hall–Kier alpha value is -2.58. The summed E-state index contributed by atoms with van der Waals surface area (Å²) in [5.41, 5.74) is 2.05. The summed E-state index contributed by atoms with van der Waals surface area (Å²) < 4.78 is 26.3. The first-order valence-electron chi connectivity index (χ1n) is 11.9. The second-order valence-electron chi connectivity index (χ2n) is 9.24. The Kier molecular flexibility index (Phi) is 9.19. The van der Waals surface area contributed by atoms with E-state index in [1.807, 2.05) is 13.0 Å². The molecule has 0 spiro atoms. The summed E-state index contributed by atoms with van der Waals surface area (Å²) in [5.74, 6) is -0.735. The van der Waals surface area contributed by atoms with Crippen LogP contribution in [0.4, 0.5) is 5.69 Å². The topological polar surface area (TPSA) is 86.8 Å². The van der Waals surface area contributed by atoms with Gasteiger partial charge in [0.15, 0.2) is 0 Å². The van der Waals surface area contributed by atoms with Crippen LogP contribution in [0.25, 0.3) is 0 Å². The molecule has 1 N–H and O–H groups in total. The molecule has 1 aliphatic rings. The highest BCUT2D eigenvalue weighted by Crippen LogP contribution is 2.22. The van der Waals surface area contributed by atoms with Crippen LogP contribution in [-0.4, -0.2) is 50.0 Å². The number of nitrogens with zero attached hydrogens (tertiary/aromatic N) is 2.